The van der Waals surface area contributed by atoms with Crippen LogP contribution in [0.4, 0.5) is 0 Å². The number of hydrogen-bond acceptors (Lipinski definition) is 0. The van der Waals surface area contributed by atoms with E-state index in [1.54, 1.807) is 0 Å². The topological polar surface area (TPSA) is 0 Å². The minimum atomic E-state index is 0.164. The van der Waals surface area contributed by atoms with Gasteiger partial charge in [-0.15, -0.1) is 0 Å². The Kier molecular flexibility index (Phi) is 3.84. The van der Waals surface area contributed by atoms with E-state index in [0.29, 0.717) is 0 Å². The van der Waals surface area contributed by atoms with Gasteiger partial charge < -0.3 is 0 Å². The zero-order chi connectivity index (χ0) is 17.4. The van der Waals surface area contributed by atoms with Crippen molar-refractivity contribution in [3.05, 3.63) is 90.0 Å². The fourth-order valence-electron chi connectivity index (χ4n) is 4.47. The molecule has 4 rings (SSSR count). The molecule has 0 saturated carbocycles. The molecule has 3 aromatic carbocycles. The first-order chi connectivity index (χ1) is 12.2. The Morgan fingerprint density at radius 3 is 2.08 bits per heavy atom. The van der Waals surface area contributed by atoms with Crippen molar-refractivity contribution in [1.29, 1.82) is 0 Å². The van der Waals surface area contributed by atoms with Crippen LogP contribution in [-0.2, 0) is 5.41 Å². The van der Waals surface area contributed by atoms with Gasteiger partial charge in [0.05, 0.1) is 0 Å². The molecule has 124 valence electrons. The lowest BCUT2D eigenvalue weighted by Gasteiger charge is -2.29. The van der Waals surface area contributed by atoms with Crippen LogP contribution in [0.15, 0.2) is 73.3 Å². The molecule has 0 heterocycles. The van der Waals surface area contributed by atoms with E-state index in [2.05, 4.69) is 87.2 Å². The van der Waals surface area contributed by atoms with Gasteiger partial charge in [-0.05, 0) is 57.9 Å². The van der Waals surface area contributed by atoms with Crippen LogP contribution in [0.2, 0.25) is 0 Å². The van der Waals surface area contributed by atoms with Crippen LogP contribution in [0.25, 0.3) is 28.3 Å². The molecule has 3 aromatic rings. The van der Waals surface area contributed by atoms with E-state index in [9.17, 15) is 0 Å². The molecule has 0 spiro atoms. The molecule has 0 fully saturated rings. The number of benzene rings is 3. The molecule has 1 aliphatic carbocycles. The van der Waals surface area contributed by atoms with Crippen molar-refractivity contribution in [3.8, 4) is 22.3 Å². The third kappa shape index (κ3) is 2.28. The fraction of sp³-hybridized carbons (Fsp3) is 0.200. The molecule has 0 atom stereocenters. The minimum Gasteiger partial charge on any atom is -0.0985 e. The summed E-state index contributed by atoms with van der Waals surface area (Å²) in [7, 11) is 0. The third-order valence-electron chi connectivity index (χ3n) is 5.95. The third-order valence-corrected chi connectivity index (χ3v) is 5.95. The summed E-state index contributed by atoms with van der Waals surface area (Å²) >= 11 is 0. The molecule has 0 heteroatoms. The number of hydrogen-bond donors (Lipinski definition) is 0. The van der Waals surface area contributed by atoms with Gasteiger partial charge in [-0.1, -0.05) is 87.2 Å². The van der Waals surface area contributed by atoms with E-state index in [1.807, 2.05) is 6.08 Å². The van der Waals surface area contributed by atoms with E-state index in [-0.39, 0.29) is 5.41 Å². The summed E-state index contributed by atoms with van der Waals surface area (Å²) in [6.45, 7) is 8.47. The van der Waals surface area contributed by atoms with E-state index >= 15 is 0 Å². The number of fused-ring (bicyclic) bond motifs is 3. The Balaban J connectivity index is 1.90. The highest BCUT2D eigenvalue weighted by Crippen LogP contribution is 2.53. The zero-order valence-corrected chi connectivity index (χ0v) is 15.0. The summed E-state index contributed by atoms with van der Waals surface area (Å²) in [5.74, 6) is 0. The predicted molar refractivity (Wildman–Crippen MR) is 109 cm³/mol. The second kappa shape index (κ2) is 6.04. The summed E-state index contributed by atoms with van der Waals surface area (Å²) in [5.41, 5.74) is 9.67. The predicted octanol–water partition coefficient (Wildman–Crippen LogP) is 7.08. The molecule has 0 aromatic heterocycles. The summed E-state index contributed by atoms with van der Waals surface area (Å²) in [5, 5.41) is 0. The Hall–Kier alpha value is -2.60. The van der Waals surface area contributed by atoms with Gasteiger partial charge in [-0.3, -0.25) is 0 Å². The first-order valence-corrected chi connectivity index (χ1v) is 9.20. The van der Waals surface area contributed by atoms with Crippen LogP contribution in [-0.4, -0.2) is 0 Å². The van der Waals surface area contributed by atoms with Crippen molar-refractivity contribution < 1.29 is 0 Å². The average molecular weight is 324 g/mol. The van der Waals surface area contributed by atoms with Crippen molar-refractivity contribution >= 4 is 6.08 Å². The van der Waals surface area contributed by atoms with Crippen LogP contribution in [0.1, 0.15) is 43.4 Å². The normalized spacial score (nSPS) is 14.0. The van der Waals surface area contributed by atoms with Crippen LogP contribution in [0.5, 0.6) is 0 Å². The lowest BCUT2D eigenvalue weighted by molar-refractivity contribution is 0.490. The molecule has 0 saturated heterocycles. The largest absolute Gasteiger partial charge is 0.0985 e. The lowest BCUT2D eigenvalue weighted by Crippen LogP contribution is -2.22. The van der Waals surface area contributed by atoms with Crippen LogP contribution in [0.3, 0.4) is 0 Å². The van der Waals surface area contributed by atoms with Crippen molar-refractivity contribution in [2.24, 2.45) is 0 Å². The quantitative estimate of drug-likeness (QED) is 0.481. The smallest absolute Gasteiger partial charge is 0.0210 e. The van der Waals surface area contributed by atoms with E-state index < -0.39 is 0 Å². The molecule has 25 heavy (non-hydrogen) atoms. The van der Waals surface area contributed by atoms with Gasteiger partial charge in [0.1, 0.15) is 0 Å². The zero-order valence-electron chi connectivity index (χ0n) is 15.0. The van der Waals surface area contributed by atoms with Gasteiger partial charge in [0, 0.05) is 5.41 Å². The second-order valence-electron chi connectivity index (χ2n) is 6.92. The van der Waals surface area contributed by atoms with Gasteiger partial charge in [-0.2, -0.15) is 0 Å². The summed E-state index contributed by atoms with van der Waals surface area (Å²) in [6.07, 6.45) is 4.17. The molecule has 0 bridgehead atoms. The highest BCUT2D eigenvalue weighted by atomic mass is 14.4. The first-order valence-electron chi connectivity index (χ1n) is 9.20. The average Bonchev–Trinajstić information content (AvgIpc) is 2.98. The lowest BCUT2D eigenvalue weighted by atomic mass is 9.74. The molecule has 0 aliphatic heterocycles. The summed E-state index contributed by atoms with van der Waals surface area (Å²) < 4.78 is 0. The Labute approximate surface area is 150 Å². The van der Waals surface area contributed by atoms with Crippen LogP contribution < -0.4 is 0 Å². The fourth-order valence-corrected chi connectivity index (χ4v) is 4.47. The standard InChI is InChI=1S/C25H24/c1-4-18-11-13-19(14-12-18)20-15-16-24-22(17-20)21-9-7-8-10-23(21)25(24,5-2)6-3/h4,7-17H,1,5-6H2,2-3H3. The molecule has 0 amide bonds. The summed E-state index contributed by atoms with van der Waals surface area (Å²) in [6, 6.07) is 24.6. The summed E-state index contributed by atoms with van der Waals surface area (Å²) in [4.78, 5) is 0. The first kappa shape index (κ1) is 15.9. The highest BCUT2D eigenvalue weighted by molar-refractivity contribution is 5.84. The van der Waals surface area contributed by atoms with Crippen molar-refractivity contribution in [3.63, 3.8) is 0 Å². The van der Waals surface area contributed by atoms with E-state index in [4.69, 9.17) is 0 Å². The van der Waals surface area contributed by atoms with Gasteiger partial charge in [0.25, 0.3) is 0 Å². The van der Waals surface area contributed by atoms with E-state index in [0.717, 1.165) is 18.4 Å². The molecule has 1 aliphatic rings. The Morgan fingerprint density at radius 2 is 1.40 bits per heavy atom. The van der Waals surface area contributed by atoms with Gasteiger partial charge in [0.2, 0.25) is 0 Å². The molecular weight excluding hydrogens is 300 g/mol. The second-order valence-corrected chi connectivity index (χ2v) is 6.92. The monoisotopic (exact) mass is 324 g/mol. The minimum absolute atomic E-state index is 0.164. The van der Waals surface area contributed by atoms with Gasteiger partial charge in [0.15, 0.2) is 0 Å². The molecule has 0 N–H and O–H groups in total. The number of rotatable bonds is 4. The maximum absolute atomic E-state index is 3.84. The van der Waals surface area contributed by atoms with Gasteiger partial charge in [-0.25, -0.2) is 0 Å². The SMILES string of the molecule is C=Cc1ccc(-c2ccc3c(c2)-c2ccccc2C3(CC)CC)cc1. The molecular formula is C25H24. The molecule has 0 unspecified atom stereocenters. The Bertz CT molecular complexity index is 925. The van der Waals surface area contributed by atoms with Crippen molar-refractivity contribution in [2.75, 3.05) is 0 Å². The van der Waals surface area contributed by atoms with Crippen LogP contribution >= 0.6 is 0 Å². The maximum atomic E-state index is 3.84. The van der Waals surface area contributed by atoms with E-state index in [1.165, 1.54) is 33.4 Å². The van der Waals surface area contributed by atoms with Crippen molar-refractivity contribution in [2.45, 2.75) is 32.1 Å². The highest BCUT2D eigenvalue weighted by Gasteiger charge is 2.40. The van der Waals surface area contributed by atoms with Gasteiger partial charge >= 0.3 is 0 Å². The molecule has 0 nitrogen and oxygen atoms in total. The maximum Gasteiger partial charge on any atom is 0.0210 e. The van der Waals surface area contributed by atoms with Crippen molar-refractivity contribution in [1.82, 2.24) is 0 Å². The molecule has 0 radical (unpaired) electrons. The van der Waals surface area contributed by atoms with Crippen LogP contribution in [0, 0.1) is 0 Å². The Morgan fingerprint density at radius 1 is 0.760 bits per heavy atom.